The third-order valence-electron chi connectivity index (χ3n) is 2.35. The van der Waals surface area contributed by atoms with Crippen molar-refractivity contribution in [1.82, 2.24) is 5.32 Å². The molecule has 0 aromatic heterocycles. The number of hydrogen-bond acceptors (Lipinski definition) is 1. The number of benzene rings is 1. The fourth-order valence-electron chi connectivity index (χ4n) is 1.58. The van der Waals surface area contributed by atoms with Crippen LogP contribution in [0.5, 0.6) is 0 Å². The molecule has 1 aliphatic heterocycles. The van der Waals surface area contributed by atoms with Gasteiger partial charge in [0, 0.05) is 6.54 Å². The largest absolute Gasteiger partial charge is 0.313 e. The topological polar surface area (TPSA) is 12.0 Å². The summed E-state index contributed by atoms with van der Waals surface area (Å²) in [4.78, 5) is 0. The van der Waals surface area contributed by atoms with Crippen molar-refractivity contribution in [3.8, 4) is 0 Å². The minimum atomic E-state index is -0.357. The van der Waals surface area contributed by atoms with Gasteiger partial charge in [-0.05, 0) is 36.2 Å². The van der Waals surface area contributed by atoms with Crippen molar-refractivity contribution in [2.75, 3.05) is 13.1 Å². The molecule has 0 saturated heterocycles. The van der Waals surface area contributed by atoms with Crippen molar-refractivity contribution >= 4 is 17.2 Å². The Hall–Kier alpha value is -0.860. The molecule has 0 unspecified atom stereocenters. The second-order valence-electron chi connectivity index (χ2n) is 3.31. The summed E-state index contributed by atoms with van der Waals surface area (Å²) >= 11 is 5.72. The van der Waals surface area contributed by atoms with Crippen LogP contribution in [0.3, 0.4) is 0 Å². The van der Waals surface area contributed by atoms with Crippen LogP contribution in [0.4, 0.5) is 4.39 Å². The molecule has 74 valence electrons. The predicted octanol–water partition coefficient (Wildman–Crippen LogP) is 2.86. The third kappa shape index (κ3) is 1.97. The number of halogens is 2. The molecule has 14 heavy (non-hydrogen) atoms. The van der Waals surface area contributed by atoms with Gasteiger partial charge in [-0.3, -0.25) is 0 Å². The molecule has 0 amide bonds. The van der Waals surface area contributed by atoms with Crippen LogP contribution in [0.2, 0.25) is 5.02 Å². The summed E-state index contributed by atoms with van der Waals surface area (Å²) in [7, 11) is 0. The maximum Gasteiger partial charge on any atom is 0.141 e. The molecule has 1 N–H and O–H groups in total. The van der Waals surface area contributed by atoms with Gasteiger partial charge in [-0.1, -0.05) is 23.7 Å². The highest BCUT2D eigenvalue weighted by atomic mass is 35.5. The molecule has 0 saturated carbocycles. The van der Waals surface area contributed by atoms with Crippen LogP contribution in [-0.4, -0.2) is 13.1 Å². The van der Waals surface area contributed by atoms with E-state index in [0.29, 0.717) is 0 Å². The molecule has 1 nitrogen and oxygen atoms in total. The Morgan fingerprint density at radius 2 is 2.21 bits per heavy atom. The lowest BCUT2D eigenvalue weighted by molar-refractivity contribution is 0.628. The van der Waals surface area contributed by atoms with Gasteiger partial charge in [-0.25, -0.2) is 4.39 Å². The van der Waals surface area contributed by atoms with Gasteiger partial charge in [0.2, 0.25) is 0 Å². The van der Waals surface area contributed by atoms with Gasteiger partial charge in [0.25, 0.3) is 0 Å². The molecule has 0 radical (unpaired) electrons. The standard InChI is InChI=1S/C11H11ClFN/c12-10-7-9(1-2-11(10)13)8-3-5-14-6-4-8/h1-3,7,14H,4-6H2. The van der Waals surface area contributed by atoms with Crippen molar-refractivity contribution in [3.63, 3.8) is 0 Å². The lowest BCUT2D eigenvalue weighted by Gasteiger charge is -2.14. The number of nitrogens with one attached hydrogen (secondary N) is 1. The van der Waals surface area contributed by atoms with Crippen LogP contribution >= 0.6 is 11.6 Å². The lowest BCUT2D eigenvalue weighted by Crippen LogP contribution is -2.19. The van der Waals surface area contributed by atoms with Gasteiger partial charge in [0.1, 0.15) is 5.82 Å². The summed E-state index contributed by atoms with van der Waals surface area (Å²) in [5.74, 6) is -0.357. The third-order valence-corrected chi connectivity index (χ3v) is 2.64. The molecule has 0 fully saturated rings. The monoisotopic (exact) mass is 211 g/mol. The van der Waals surface area contributed by atoms with Gasteiger partial charge in [0.05, 0.1) is 5.02 Å². The van der Waals surface area contributed by atoms with Crippen molar-refractivity contribution in [3.05, 3.63) is 40.7 Å². The molecule has 3 heteroatoms. The van der Waals surface area contributed by atoms with Crippen molar-refractivity contribution in [2.45, 2.75) is 6.42 Å². The number of hydrogen-bond donors (Lipinski definition) is 1. The first-order chi connectivity index (χ1) is 6.77. The molecular weight excluding hydrogens is 201 g/mol. The van der Waals surface area contributed by atoms with E-state index in [9.17, 15) is 4.39 Å². The average molecular weight is 212 g/mol. The van der Waals surface area contributed by atoms with E-state index in [1.54, 1.807) is 12.1 Å². The van der Waals surface area contributed by atoms with E-state index in [2.05, 4.69) is 11.4 Å². The molecule has 1 aromatic rings. The zero-order valence-corrected chi connectivity index (χ0v) is 8.44. The van der Waals surface area contributed by atoms with Gasteiger partial charge >= 0.3 is 0 Å². The normalized spacial score (nSPS) is 16.6. The van der Waals surface area contributed by atoms with E-state index in [1.165, 1.54) is 11.6 Å². The molecule has 0 bridgehead atoms. The summed E-state index contributed by atoms with van der Waals surface area (Å²) in [6.07, 6.45) is 3.09. The van der Waals surface area contributed by atoms with E-state index < -0.39 is 0 Å². The SMILES string of the molecule is Fc1ccc(C2=CCNCC2)cc1Cl. The molecule has 1 aliphatic rings. The highest BCUT2D eigenvalue weighted by Gasteiger charge is 2.07. The van der Waals surface area contributed by atoms with Crippen LogP contribution in [0.15, 0.2) is 24.3 Å². The first-order valence-electron chi connectivity index (χ1n) is 4.62. The molecule has 0 atom stereocenters. The fraction of sp³-hybridized carbons (Fsp3) is 0.273. The first kappa shape index (κ1) is 9.69. The summed E-state index contributed by atoms with van der Waals surface area (Å²) in [6.45, 7) is 1.85. The van der Waals surface area contributed by atoms with Gasteiger partial charge in [0.15, 0.2) is 0 Å². The van der Waals surface area contributed by atoms with Gasteiger partial charge < -0.3 is 5.32 Å². The average Bonchev–Trinajstić information content (AvgIpc) is 2.23. The van der Waals surface area contributed by atoms with E-state index in [0.717, 1.165) is 25.1 Å². The minimum absolute atomic E-state index is 0.196. The van der Waals surface area contributed by atoms with Crippen molar-refractivity contribution in [1.29, 1.82) is 0 Å². The first-order valence-corrected chi connectivity index (χ1v) is 5.00. The Morgan fingerprint density at radius 3 is 2.86 bits per heavy atom. The molecule has 0 spiro atoms. The minimum Gasteiger partial charge on any atom is -0.313 e. The maximum atomic E-state index is 12.9. The highest BCUT2D eigenvalue weighted by Crippen LogP contribution is 2.24. The molecule has 1 heterocycles. The Bertz CT molecular complexity index is 374. The van der Waals surface area contributed by atoms with Crippen LogP contribution in [0.1, 0.15) is 12.0 Å². The zero-order valence-electron chi connectivity index (χ0n) is 7.69. The zero-order chi connectivity index (χ0) is 9.97. The van der Waals surface area contributed by atoms with Crippen molar-refractivity contribution < 1.29 is 4.39 Å². The second kappa shape index (κ2) is 4.11. The van der Waals surface area contributed by atoms with Crippen molar-refractivity contribution in [2.24, 2.45) is 0 Å². The maximum absolute atomic E-state index is 12.9. The van der Waals surface area contributed by atoms with Crippen LogP contribution in [-0.2, 0) is 0 Å². The molecule has 2 rings (SSSR count). The smallest absolute Gasteiger partial charge is 0.141 e. The predicted molar refractivity (Wildman–Crippen MR) is 56.9 cm³/mol. The molecular formula is C11H11ClFN. The summed E-state index contributed by atoms with van der Waals surface area (Å²) in [5.41, 5.74) is 2.27. The highest BCUT2D eigenvalue weighted by molar-refractivity contribution is 6.30. The Balaban J connectivity index is 2.32. The number of rotatable bonds is 1. The Labute approximate surface area is 87.6 Å². The molecule has 1 aromatic carbocycles. The summed E-state index contributed by atoms with van der Waals surface area (Å²) < 4.78 is 12.9. The van der Waals surface area contributed by atoms with E-state index >= 15 is 0 Å². The fourth-order valence-corrected chi connectivity index (χ4v) is 1.76. The lowest BCUT2D eigenvalue weighted by atomic mass is 10.0. The van der Waals surface area contributed by atoms with Crippen LogP contribution in [0, 0.1) is 5.82 Å². The van der Waals surface area contributed by atoms with Gasteiger partial charge in [-0.15, -0.1) is 0 Å². The Kier molecular flexibility index (Phi) is 2.85. The van der Waals surface area contributed by atoms with Crippen LogP contribution in [0.25, 0.3) is 5.57 Å². The summed E-state index contributed by atoms with van der Waals surface area (Å²) in [5, 5.41) is 3.42. The van der Waals surface area contributed by atoms with Gasteiger partial charge in [-0.2, -0.15) is 0 Å². The Morgan fingerprint density at radius 1 is 1.36 bits per heavy atom. The quantitative estimate of drug-likeness (QED) is 0.753. The van der Waals surface area contributed by atoms with E-state index in [4.69, 9.17) is 11.6 Å². The van der Waals surface area contributed by atoms with Crippen LogP contribution < -0.4 is 5.32 Å². The molecule has 0 aliphatic carbocycles. The van der Waals surface area contributed by atoms with E-state index in [1.807, 2.05) is 0 Å². The summed E-state index contributed by atoms with van der Waals surface area (Å²) in [6, 6.07) is 4.88. The van der Waals surface area contributed by atoms with E-state index in [-0.39, 0.29) is 10.8 Å². The second-order valence-corrected chi connectivity index (χ2v) is 3.72.